The topological polar surface area (TPSA) is 66.0 Å². The fourth-order valence-electron chi connectivity index (χ4n) is 4.19. The molecule has 1 unspecified atom stereocenters. The van der Waals surface area contributed by atoms with Gasteiger partial charge in [-0.1, -0.05) is 41.4 Å². The van der Waals surface area contributed by atoms with E-state index in [-0.39, 0.29) is 5.92 Å². The van der Waals surface area contributed by atoms with Gasteiger partial charge < -0.3 is 13.7 Å². The van der Waals surface area contributed by atoms with E-state index in [0.29, 0.717) is 27.4 Å². The van der Waals surface area contributed by atoms with E-state index in [1.165, 1.54) is 0 Å². The number of benzene rings is 2. The van der Waals surface area contributed by atoms with Crippen LogP contribution in [-0.4, -0.2) is 26.9 Å². The molecule has 0 radical (unpaired) electrons. The number of hydrogen-bond acceptors (Lipinski definition) is 5. The van der Waals surface area contributed by atoms with E-state index >= 15 is 0 Å². The fourth-order valence-corrected chi connectivity index (χ4v) is 4.63. The second-order valence-corrected chi connectivity index (χ2v) is 8.32. The third kappa shape index (κ3) is 3.50. The summed E-state index contributed by atoms with van der Waals surface area (Å²) in [6.07, 6.45) is 3.65. The van der Waals surface area contributed by atoms with Crippen LogP contribution in [0.3, 0.4) is 0 Å². The van der Waals surface area contributed by atoms with Crippen LogP contribution in [0.4, 0.5) is 0 Å². The van der Waals surface area contributed by atoms with Gasteiger partial charge in [-0.05, 0) is 36.6 Å². The molecule has 1 aliphatic rings. The standard InChI is InChI=1S/C23H20Cl2N4O2/c1-13-26-12-20(31-13)17-9-8-14(11-19(17)30-2)22-27-28-23-16(6-4-10-29(22)23)15-5-3-7-18(24)21(15)25/h3,5,7-9,11-12,16H,4,6,10H2,1-2H3. The number of fused-ring (bicyclic) bond motifs is 1. The van der Waals surface area contributed by atoms with Crippen LogP contribution in [0.2, 0.25) is 10.0 Å². The second kappa shape index (κ2) is 8.02. The Morgan fingerprint density at radius 3 is 2.81 bits per heavy atom. The number of hydrogen-bond donors (Lipinski definition) is 0. The molecule has 0 N–H and O–H groups in total. The first-order chi connectivity index (χ1) is 15.1. The second-order valence-electron chi connectivity index (χ2n) is 7.53. The van der Waals surface area contributed by atoms with Gasteiger partial charge in [0.25, 0.3) is 0 Å². The lowest BCUT2D eigenvalue weighted by molar-refractivity contribution is 0.414. The van der Waals surface area contributed by atoms with E-state index < -0.39 is 0 Å². The van der Waals surface area contributed by atoms with Crippen molar-refractivity contribution in [2.75, 3.05) is 7.11 Å². The van der Waals surface area contributed by atoms with E-state index in [1.807, 2.05) is 37.3 Å². The van der Waals surface area contributed by atoms with Crippen LogP contribution < -0.4 is 4.74 Å². The van der Waals surface area contributed by atoms with Crippen molar-refractivity contribution in [3.05, 3.63) is 69.9 Å². The van der Waals surface area contributed by atoms with Crippen molar-refractivity contribution >= 4 is 23.2 Å². The van der Waals surface area contributed by atoms with Crippen LogP contribution in [-0.2, 0) is 6.54 Å². The number of oxazole rings is 1. The average Bonchev–Trinajstić information content (AvgIpc) is 3.41. The molecule has 2 aromatic heterocycles. The van der Waals surface area contributed by atoms with Gasteiger partial charge in [-0.3, -0.25) is 0 Å². The quantitative estimate of drug-likeness (QED) is 0.369. The van der Waals surface area contributed by atoms with Crippen molar-refractivity contribution in [1.82, 2.24) is 19.7 Å². The first-order valence-electron chi connectivity index (χ1n) is 10.0. The Morgan fingerprint density at radius 1 is 1.16 bits per heavy atom. The van der Waals surface area contributed by atoms with Crippen molar-refractivity contribution in [3.8, 4) is 28.5 Å². The lowest BCUT2D eigenvalue weighted by Gasteiger charge is -2.25. The third-order valence-electron chi connectivity index (χ3n) is 5.67. The molecule has 5 rings (SSSR count). The summed E-state index contributed by atoms with van der Waals surface area (Å²) < 4.78 is 13.5. The smallest absolute Gasteiger partial charge is 0.191 e. The number of aryl methyl sites for hydroxylation is 1. The molecule has 1 aliphatic heterocycles. The maximum absolute atomic E-state index is 6.51. The average molecular weight is 455 g/mol. The predicted octanol–water partition coefficient (Wildman–Crippen LogP) is 6.15. The monoisotopic (exact) mass is 454 g/mol. The number of rotatable bonds is 4. The van der Waals surface area contributed by atoms with E-state index in [4.69, 9.17) is 32.4 Å². The summed E-state index contributed by atoms with van der Waals surface area (Å²) in [5.41, 5.74) is 2.75. The van der Waals surface area contributed by atoms with E-state index in [9.17, 15) is 0 Å². The molecule has 0 saturated heterocycles. The maximum atomic E-state index is 6.51. The SMILES string of the molecule is COc1cc(-c2nnc3n2CCCC3c2cccc(Cl)c2Cl)ccc1-c1cnc(C)o1. The third-order valence-corrected chi connectivity index (χ3v) is 6.50. The Bertz CT molecular complexity index is 1260. The lowest BCUT2D eigenvalue weighted by atomic mass is 9.91. The predicted molar refractivity (Wildman–Crippen MR) is 120 cm³/mol. The van der Waals surface area contributed by atoms with Crippen LogP contribution in [0.15, 0.2) is 47.0 Å². The van der Waals surface area contributed by atoms with Gasteiger partial charge in [-0.15, -0.1) is 10.2 Å². The lowest BCUT2D eigenvalue weighted by Crippen LogP contribution is -2.18. The van der Waals surface area contributed by atoms with Crippen LogP contribution >= 0.6 is 23.2 Å². The molecule has 0 saturated carbocycles. The molecule has 0 fully saturated rings. The van der Waals surface area contributed by atoms with Gasteiger partial charge in [0.2, 0.25) is 0 Å². The number of nitrogens with zero attached hydrogens (tertiary/aromatic N) is 4. The van der Waals surface area contributed by atoms with Gasteiger partial charge in [-0.2, -0.15) is 0 Å². The van der Waals surface area contributed by atoms with Gasteiger partial charge in [0.15, 0.2) is 17.5 Å². The number of aromatic nitrogens is 4. The highest BCUT2D eigenvalue weighted by molar-refractivity contribution is 6.42. The fraction of sp³-hybridized carbons (Fsp3) is 0.261. The number of methoxy groups -OCH3 is 1. The molecule has 3 heterocycles. The highest BCUT2D eigenvalue weighted by Crippen LogP contribution is 2.41. The zero-order chi connectivity index (χ0) is 21.5. The van der Waals surface area contributed by atoms with E-state index in [2.05, 4.69) is 19.7 Å². The molecule has 0 spiro atoms. The van der Waals surface area contributed by atoms with Crippen molar-refractivity contribution < 1.29 is 9.15 Å². The molecule has 8 heteroatoms. The normalized spacial score (nSPS) is 15.7. The molecule has 158 valence electrons. The Morgan fingerprint density at radius 2 is 2.03 bits per heavy atom. The maximum Gasteiger partial charge on any atom is 0.191 e. The minimum absolute atomic E-state index is 0.0551. The molecular weight excluding hydrogens is 435 g/mol. The highest BCUT2D eigenvalue weighted by atomic mass is 35.5. The molecule has 6 nitrogen and oxygen atoms in total. The summed E-state index contributed by atoms with van der Waals surface area (Å²) in [5, 5.41) is 10.2. The van der Waals surface area contributed by atoms with Crippen LogP contribution in [0, 0.1) is 6.92 Å². The van der Waals surface area contributed by atoms with Crippen LogP contribution in [0.5, 0.6) is 5.75 Å². The Hall–Kier alpha value is -2.83. The molecule has 0 aliphatic carbocycles. The van der Waals surface area contributed by atoms with Crippen LogP contribution in [0.1, 0.15) is 36.0 Å². The van der Waals surface area contributed by atoms with Crippen molar-refractivity contribution in [1.29, 1.82) is 0 Å². The van der Waals surface area contributed by atoms with E-state index in [1.54, 1.807) is 19.4 Å². The van der Waals surface area contributed by atoms with Crippen molar-refractivity contribution in [2.24, 2.45) is 0 Å². The summed E-state index contributed by atoms with van der Waals surface area (Å²) in [7, 11) is 1.64. The summed E-state index contributed by atoms with van der Waals surface area (Å²) in [4.78, 5) is 4.18. The first kappa shape index (κ1) is 20.1. The van der Waals surface area contributed by atoms with Crippen molar-refractivity contribution in [3.63, 3.8) is 0 Å². The Labute approximate surface area is 189 Å². The van der Waals surface area contributed by atoms with Gasteiger partial charge in [0.1, 0.15) is 11.6 Å². The summed E-state index contributed by atoms with van der Waals surface area (Å²) >= 11 is 12.8. The van der Waals surface area contributed by atoms with Crippen LogP contribution in [0.25, 0.3) is 22.7 Å². The van der Waals surface area contributed by atoms with Crippen molar-refractivity contribution in [2.45, 2.75) is 32.2 Å². The van der Waals surface area contributed by atoms with Gasteiger partial charge in [-0.25, -0.2) is 4.98 Å². The molecular formula is C23H20Cl2N4O2. The molecule has 2 aromatic carbocycles. The Kier molecular flexibility index (Phi) is 5.20. The summed E-state index contributed by atoms with van der Waals surface area (Å²) in [6.45, 7) is 2.66. The first-order valence-corrected chi connectivity index (χ1v) is 10.8. The number of halogens is 2. The summed E-state index contributed by atoms with van der Waals surface area (Å²) in [5.74, 6) is 3.73. The zero-order valence-corrected chi connectivity index (χ0v) is 18.6. The summed E-state index contributed by atoms with van der Waals surface area (Å²) in [6, 6.07) is 11.7. The highest BCUT2D eigenvalue weighted by Gasteiger charge is 2.29. The molecule has 0 bridgehead atoms. The Balaban J connectivity index is 1.56. The van der Waals surface area contributed by atoms with Gasteiger partial charge >= 0.3 is 0 Å². The largest absolute Gasteiger partial charge is 0.496 e. The van der Waals surface area contributed by atoms with Gasteiger partial charge in [0, 0.05) is 24.9 Å². The van der Waals surface area contributed by atoms with Gasteiger partial charge in [0.05, 0.1) is 28.9 Å². The van der Waals surface area contributed by atoms with E-state index in [0.717, 1.165) is 47.7 Å². The molecule has 1 atom stereocenters. The molecule has 0 amide bonds. The molecule has 31 heavy (non-hydrogen) atoms. The molecule has 4 aromatic rings. The minimum atomic E-state index is 0.0551. The minimum Gasteiger partial charge on any atom is -0.496 e. The zero-order valence-electron chi connectivity index (χ0n) is 17.1. The number of ether oxygens (including phenoxy) is 1.